The van der Waals surface area contributed by atoms with Crippen LogP contribution in [0.3, 0.4) is 0 Å². The highest BCUT2D eigenvalue weighted by Gasteiger charge is 2.46. The maximum absolute atomic E-state index is 6.31. The minimum Gasteiger partial charge on any atom is -0.492 e. The molecular formula is C20H30N2O2. The Balaban J connectivity index is 1.28. The van der Waals surface area contributed by atoms with Crippen molar-refractivity contribution in [1.29, 1.82) is 0 Å². The Bertz CT molecular complexity index is 508. The molecule has 1 aliphatic carbocycles. The molecule has 1 aromatic rings. The number of nitrogens with zero attached hydrogens (tertiary/aromatic N) is 2. The number of hydrogen-bond acceptors (Lipinski definition) is 4. The van der Waals surface area contributed by atoms with Gasteiger partial charge < -0.3 is 14.4 Å². The number of rotatable bonds is 5. The molecule has 1 atom stereocenters. The first-order valence-corrected chi connectivity index (χ1v) is 9.77. The molecule has 0 aromatic carbocycles. The van der Waals surface area contributed by atoms with E-state index in [1.165, 1.54) is 58.0 Å². The Kier molecular flexibility index (Phi) is 5.04. The first kappa shape index (κ1) is 16.3. The van der Waals surface area contributed by atoms with Crippen LogP contribution in [0.2, 0.25) is 0 Å². The van der Waals surface area contributed by atoms with E-state index in [1.807, 2.05) is 12.1 Å². The molecule has 0 unspecified atom stereocenters. The Morgan fingerprint density at radius 1 is 1.21 bits per heavy atom. The number of likely N-dealkylation sites (tertiary alicyclic amines) is 1. The second-order valence-corrected chi connectivity index (χ2v) is 7.70. The van der Waals surface area contributed by atoms with Crippen LogP contribution in [-0.4, -0.2) is 47.8 Å². The van der Waals surface area contributed by atoms with Gasteiger partial charge in [0, 0.05) is 31.9 Å². The Hall–Kier alpha value is -1.13. The number of hydrogen-bond donors (Lipinski definition) is 0. The Morgan fingerprint density at radius 3 is 2.79 bits per heavy atom. The summed E-state index contributed by atoms with van der Waals surface area (Å²) in [7, 11) is 0. The van der Waals surface area contributed by atoms with Crippen molar-refractivity contribution < 1.29 is 9.47 Å². The third-order valence-electron chi connectivity index (χ3n) is 6.45. The third-order valence-corrected chi connectivity index (χ3v) is 6.45. The second kappa shape index (κ2) is 7.40. The van der Waals surface area contributed by atoms with E-state index in [0.29, 0.717) is 5.92 Å². The molecule has 0 bridgehead atoms. The summed E-state index contributed by atoms with van der Waals surface area (Å²) in [5, 5.41) is 0. The van der Waals surface area contributed by atoms with Gasteiger partial charge in [0.15, 0.2) is 0 Å². The first-order valence-electron chi connectivity index (χ1n) is 9.77. The fourth-order valence-corrected chi connectivity index (χ4v) is 5.03. The standard InChI is InChI=1S/C20H30N2O2/c1-2-5-18(4-1)22-12-9-20(10-13-22)17(8-15-24-20)7-14-23-19-6-3-11-21-16-19/h3,6,11,16-18H,1-2,4-5,7-10,12-15H2/t17-/m0/s1. The molecule has 132 valence electrons. The summed E-state index contributed by atoms with van der Waals surface area (Å²) in [6.45, 7) is 4.16. The molecule has 4 rings (SSSR count). The fraction of sp³-hybridized carbons (Fsp3) is 0.750. The first-order chi connectivity index (χ1) is 11.9. The average Bonchev–Trinajstić information content (AvgIpc) is 3.28. The van der Waals surface area contributed by atoms with Crippen molar-refractivity contribution in [3.05, 3.63) is 24.5 Å². The molecule has 0 N–H and O–H groups in total. The van der Waals surface area contributed by atoms with Gasteiger partial charge in [-0.25, -0.2) is 0 Å². The summed E-state index contributed by atoms with van der Waals surface area (Å²) < 4.78 is 12.2. The quantitative estimate of drug-likeness (QED) is 0.825. The summed E-state index contributed by atoms with van der Waals surface area (Å²) in [4.78, 5) is 6.85. The number of ether oxygens (including phenoxy) is 2. The molecule has 3 fully saturated rings. The van der Waals surface area contributed by atoms with Crippen LogP contribution >= 0.6 is 0 Å². The molecule has 3 aliphatic rings. The second-order valence-electron chi connectivity index (χ2n) is 7.70. The van der Waals surface area contributed by atoms with Crippen molar-refractivity contribution in [2.24, 2.45) is 5.92 Å². The zero-order chi connectivity index (χ0) is 16.2. The van der Waals surface area contributed by atoms with Crippen LogP contribution in [0.25, 0.3) is 0 Å². The topological polar surface area (TPSA) is 34.6 Å². The monoisotopic (exact) mass is 330 g/mol. The highest BCUT2D eigenvalue weighted by Crippen LogP contribution is 2.43. The Morgan fingerprint density at radius 2 is 2.04 bits per heavy atom. The van der Waals surface area contributed by atoms with Gasteiger partial charge in [-0.1, -0.05) is 12.8 Å². The van der Waals surface area contributed by atoms with Gasteiger partial charge in [-0.05, 0) is 56.6 Å². The van der Waals surface area contributed by atoms with E-state index in [2.05, 4.69) is 9.88 Å². The molecule has 24 heavy (non-hydrogen) atoms. The van der Waals surface area contributed by atoms with Gasteiger partial charge in [-0.2, -0.15) is 0 Å². The highest BCUT2D eigenvalue weighted by atomic mass is 16.5. The van der Waals surface area contributed by atoms with Gasteiger partial charge in [0.2, 0.25) is 0 Å². The van der Waals surface area contributed by atoms with Gasteiger partial charge in [0.05, 0.1) is 18.4 Å². The molecule has 4 heteroatoms. The molecule has 1 spiro atoms. The van der Waals surface area contributed by atoms with Gasteiger partial charge in [0.1, 0.15) is 5.75 Å². The number of aromatic nitrogens is 1. The number of piperidine rings is 1. The van der Waals surface area contributed by atoms with Crippen molar-refractivity contribution in [2.45, 2.75) is 63.0 Å². The average molecular weight is 330 g/mol. The lowest BCUT2D eigenvalue weighted by Gasteiger charge is -2.44. The summed E-state index contributed by atoms with van der Waals surface area (Å²) in [6.07, 6.45) is 14.0. The minimum atomic E-state index is 0.132. The molecule has 3 heterocycles. The molecule has 1 aromatic heterocycles. The maximum atomic E-state index is 6.31. The van der Waals surface area contributed by atoms with Crippen LogP contribution in [0.4, 0.5) is 0 Å². The zero-order valence-corrected chi connectivity index (χ0v) is 14.7. The number of pyridine rings is 1. The zero-order valence-electron chi connectivity index (χ0n) is 14.7. The van der Waals surface area contributed by atoms with Gasteiger partial charge in [0.25, 0.3) is 0 Å². The smallest absolute Gasteiger partial charge is 0.137 e. The molecule has 0 amide bonds. The van der Waals surface area contributed by atoms with E-state index in [1.54, 1.807) is 12.4 Å². The molecule has 2 saturated heterocycles. The lowest BCUT2D eigenvalue weighted by atomic mass is 9.78. The fourth-order valence-electron chi connectivity index (χ4n) is 5.03. The third kappa shape index (κ3) is 3.45. The van der Waals surface area contributed by atoms with E-state index >= 15 is 0 Å². The van der Waals surface area contributed by atoms with Crippen LogP contribution in [0.1, 0.15) is 51.4 Å². The van der Waals surface area contributed by atoms with Crippen molar-refractivity contribution in [2.75, 3.05) is 26.3 Å². The van der Waals surface area contributed by atoms with E-state index < -0.39 is 0 Å². The van der Waals surface area contributed by atoms with E-state index in [-0.39, 0.29) is 5.60 Å². The lowest BCUT2D eigenvalue weighted by molar-refractivity contribution is -0.0753. The normalized spacial score (nSPS) is 27.8. The van der Waals surface area contributed by atoms with Crippen LogP contribution in [0.5, 0.6) is 5.75 Å². The molecule has 0 radical (unpaired) electrons. The van der Waals surface area contributed by atoms with Gasteiger partial charge in [-0.15, -0.1) is 0 Å². The summed E-state index contributed by atoms with van der Waals surface area (Å²) in [6, 6.07) is 4.76. The summed E-state index contributed by atoms with van der Waals surface area (Å²) >= 11 is 0. The maximum Gasteiger partial charge on any atom is 0.137 e. The largest absolute Gasteiger partial charge is 0.492 e. The van der Waals surface area contributed by atoms with E-state index in [9.17, 15) is 0 Å². The van der Waals surface area contributed by atoms with Crippen molar-refractivity contribution in [3.63, 3.8) is 0 Å². The molecule has 4 nitrogen and oxygen atoms in total. The molecular weight excluding hydrogens is 300 g/mol. The minimum absolute atomic E-state index is 0.132. The molecule has 1 saturated carbocycles. The summed E-state index contributed by atoms with van der Waals surface area (Å²) in [5.74, 6) is 1.53. The highest BCUT2D eigenvalue weighted by molar-refractivity contribution is 5.15. The lowest BCUT2D eigenvalue weighted by Crippen LogP contribution is -2.50. The van der Waals surface area contributed by atoms with Crippen molar-refractivity contribution in [1.82, 2.24) is 9.88 Å². The van der Waals surface area contributed by atoms with E-state index in [0.717, 1.165) is 31.4 Å². The van der Waals surface area contributed by atoms with E-state index in [4.69, 9.17) is 9.47 Å². The summed E-state index contributed by atoms with van der Waals surface area (Å²) in [5.41, 5.74) is 0.132. The predicted molar refractivity (Wildman–Crippen MR) is 94.2 cm³/mol. The SMILES string of the molecule is c1cncc(OCC[C@H]2CCOC23CCN(C2CCCC2)CC3)c1. The van der Waals surface area contributed by atoms with Crippen LogP contribution in [0, 0.1) is 5.92 Å². The van der Waals surface area contributed by atoms with Crippen LogP contribution in [-0.2, 0) is 4.74 Å². The van der Waals surface area contributed by atoms with Crippen molar-refractivity contribution in [3.8, 4) is 5.75 Å². The van der Waals surface area contributed by atoms with Crippen LogP contribution < -0.4 is 4.74 Å². The Labute approximate surface area is 145 Å². The van der Waals surface area contributed by atoms with Crippen molar-refractivity contribution >= 4 is 0 Å². The van der Waals surface area contributed by atoms with Crippen LogP contribution in [0.15, 0.2) is 24.5 Å². The van der Waals surface area contributed by atoms with Gasteiger partial charge in [-0.3, -0.25) is 4.98 Å². The predicted octanol–water partition coefficient (Wildman–Crippen LogP) is 3.66. The molecule has 2 aliphatic heterocycles. The van der Waals surface area contributed by atoms with Gasteiger partial charge >= 0.3 is 0 Å².